The minimum Gasteiger partial charge on any atom is -0.481 e. The molecule has 0 unspecified atom stereocenters. The largest absolute Gasteiger partial charge is 0.481 e. The van der Waals surface area contributed by atoms with Gasteiger partial charge >= 0.3 is 0 Å². The summed E-state index contributed by atoms with van der Waals surface area (Å²) in [4.78, 5) is 36.0. The van der Waals surface area contributed by atoms with E-state index in [-0.39, 0.29) is 29.6 Å². The third kappa shape index (κ3) is 165000. The summed E-state index contributed by atoms with van der Waals surface area (Å²) < 4.78 is 0. The molecule has 1 aliphatic rings. The topological polar surface area (TPSA) is 171 Å². The van der Waals surface area contributed by atoms with Crippen LogP contribution in [0, 0.1) is 0 Å². The second-order valence-corrected chi connectivity index (χ2v) is 2.83. The molecule has 5 N–H and O–H groups in total. The van der Waals surface area contributed by atoms with Crippen molar-refractivity contribution in [3.05, 3.63) is 0 Å². The number of rotatable bonds is 0. The summed E-state index contributed by atoms with van der Waals surface area (Å²) in [6.45, 7) is 6.83. The molecular formula is C10H21NNaO8. The van der Waals surface area contributed by atoms with Crippen molar-refractivity contribution in [1.82, 2.24) is 5.32 Å². The minimum absolute atomic E-state index is 0. The van der Waals surface area contributed by atoms with Gasteiger partial charge in [-0.15, -0.1) is 0 Å². The van der Waals surface area contributed by atoms with Crippen LogP contribution in [0.2, 0.25) is 0 Å². The van der Waals surface area contributed by atoms with E-state index in [9.17, 15) is 0 Å². The summed E-state index contributed by atoms with van der Waals surface area (Å²) in [7, 11) is 0. The van der Waals surface area contributed by atoms with Crippen LogP contribution < -0.4 is 5.32 Å². The Morgan fingerprint density at radius 3 is 0.700 bits per heavy atom. The SMILES string of the molecule is C1CN1.CC(=O)O.CC(=O)O.CC(=O)O.CC(=O)O.[Na]. The normalized spacial score (nSPS) is 8.60. The van der Waals surface area contributed by atoms with Gasteiger partial charge in [0.05, 0.1) is 0 Å². The third-order valence-electron chi connectivity index (χ3n) is 0.250. The van der Waals surface area contributed by atoms with Crippen LogP contribution in [-0.2, 0) is 19.2 Å². The molecule has 0 aromatic rings. The van der Waals surface area contributed by atoms with Gasteiger partial charge in [0, 0.05) is 70.3 Å². The second kappa shape index (κ2) is 26.4. The first kappa shape index (κ1) is 31.3. The summed E-state index contributed by atoms with van der Waals surface area (Å²) in [5.74, 6) is -3.33. The zero-order chi connectivity index (χ0) is 16.4. The monoisotopic (exact) mass is 306 g/mol. The van der Waals surface area contributed by atoms with E-state index in [2.05, 4.69) is 5.32 Å². The summed E-state index contributed by atoms with van der Waals surface area (Å²) >= 11 is 0. The molecule has 0 amide bonds. The van der Waals surface area contributed by atoms with E-state index >= 15 is 0 Å². The van der Waals surface area contributed by atoms with Gasteiger partial charge in [0.15, 0.2) is 0 Å². The number of nitrogens with one attached hydrogen (secondary N) is 1. The molecule has 0 bridgehead atoms. The number of carboxylic acid groups (broad SMARTS) is 4. The smallest absolute Gasteiger partial charge is 0.300 e. The van der Waals surface area contributed by atoms with Gasteiger partial charge in [-0.25, -0.2) is 0 Å². The van der Waals surface area contributed by atoms with Crippen LogP contribution >= 0.6 is 0 Å². The first-order valence-electron chi connectivity index (χ1n) is 4.92. The Hall–Kier alpha value is -1.16. The molecule has 115 valence electrons. The predicted molar refractivity (Wildman–Crippen MR) is 71.9 cm³/mol. The number of hydrogen-bond donors (Lipinski definition) is 5. The molecule has 1 aliphatic heterocycles. The fraction of sp³-hybridized carbons (Fsp3) is 0.600. The van der Waals surface area contributed by atoms with Gasteiger partial charge in [-0.3, -0.25) is 19.2 Å². The third-order valence-corrected chi connectivity index (χ3v) is 0.250. The van der Waals surface area contributed by atoms with Crippen LogP contribution in [0.5, 0.6) is 0 Å². The number of carboxylic acids is 4. The van der Waals surface area contributed by atoms with Gasteiger partial charge in [-0.2, -0.15) is 0 Å². The minimum atomic E-state index is -0.833. The summed E-state index contributed by atoms with van der Waals surface area (Å²) in [6.07, 6.45) is 0. The van der Waals surface area contributed by atoms with Gasteiger partial charge in [-0.05, 0) is 0 Å². The fourth-order valence-corrected chi connectivity index (χ4v) is 0. The molecule has 1 rings (SSSR count). The Balaban J connectivity index is -0.0000000463. The van der Waals surface area contributed by atoms with Crippen molar-refractivity contribution < 1.29 is 39.6 Å². The molecule has 0 saturated carbocycles. The maximum atomic E-state index is 9.00. The average Bonchev–Trinajstić information content (AvgIpc) is 2.80. The first-order chi connectivity index (χ1) is 8.43. The van der Waals surface area contributed by atoms with E-state index in [4.69, 9.17) is 39.6 Å². The van der Waals surface area contributed by atoms with E-state index in [1.54, 1.807) is 0 Å². The molecule has 0 atom stereocenters. The van der Waals surface area contributed by atoms with Crippen LogP contribution in [0.3, 0.4) is 0 Å². The molecule has 1 heterocycles. The predicted octanol–water partition coefficient (Wildman–Crippen LogP) is -0.428. The Kier molecular flexibility index (Phi) is 41.3. The molecule has 1 saturated heterocycles. The van der Waals surface area contributed by atoms with Gasteiger partial charge in [-0.1, -0.05) is 0 Å². The molecule has 20 heavy (non-hydrogen) atoms. The van der Waals surface area contributed by atoms with Crippen molar-refractivity contribution in [2.45, 2.75) is 27.7 Å². The van der Waals surface area contributed by atoms with Crippen LogP contribution in [0.25, 0.3) is 0 Å². The van der Waals surface area contributed by atoms with Gasteiger partial charge in [0.2, 0.25) is 0 Å². The summed E-state index contributed by atoms with van der Waals surface area (Å²) in [5.41, 5.74) is 0. The van der Waals surface area contributed by atoms with Gasteiger partial charge < -0.3 is 25.7 Å². The van der Waals surface area contributed by atoms with Gasteiger partial charge in [0.25, 0.3) is 23.9 Å². The number of aliphatic carboxylic acids is 4. The Labute approximate surface area is 139 Å². The standard InChI is InChI=1S/C2H5N.4C2H4O2.Na/c1-2-3-1;4*1-2(3)4;/h3H,1-2H2;4*1H3,(H,3,4);. The molecular weight excluding hydrogens is 285 g/mol. The molecule has 0 aromatic heterocycles. The zero-order valence-corrected chi connectivity index (χ0v) is 14.3. The molecule has 0 spiro atoms. The summed E-state index contributed by atoms with van der Waals surface area (Å²) in [5, 5.41) is 32.7. The van der Waals surface area contributed by atoms with Crippen molar-refractivity contribution in [2.24, 2.45) is 0 Å². The molecule has 0 aromatic carbocycles. The first-order valence-corrected chi connectivity index (χ1v) is 4.92. The van der Waals surface area contributed by atoms with E-state index in [0.717, 1.165) is 27.7 Å². The quantitative estimate of drug-likeness (QED) is 0.294. The summed E-state index contributed by atoms with van der Waals surface area (Å²) in [6, 6.07) is 0. The average molecular weight is 306 g/mol. The Bertz CT molecular complexity index is 201. The molecule has 1 fully saturated rings. The Morgan fingerprint density at radius 1 is 0.650 bits per heavy atom. The van der Waals surface area contributed by atoms with E-state index < -0.39 is 23.9 Å². The van der Waals surface area contributed by atoms with Crippen molar-refractivity contribution in [2.75, 3.05) is 13.1 Å². The number of hydrogen-bond acceptors (Lipinski definition) is 5. The van der Waals surface area contributed by atoms with Crippen molar-refractivity contribution in [1.29, 1.82) is 0 Å². The molecule has 1 radical (unpaired) electrons. The maximum Gasteiger partial charge on any atom is 0.300 e. The van der Waals surface area contributed by atoms with Crippen molar-refractivity contribution in [3.63, 3.8) is 0 Å². The van der Waals surface area contributed by atoms with E-state index in [0.29, 0.717) is 0 Å². The fourth-order valence-electron chi connectivity index (χ4n) is 0. The van der Waals surface area contributed by atoms with E-state index in [1.807, 2.05) is 0 Å². The molecule has 10 heteroatoms. The van der Waals surface area contributed by atoms with Crippen molar-refractivity contribution >= 4 is 53.4 Å². The van der Waals surface area contributed by atoms with Crippen molar-refractivity contribution in [3.8, 4) is 0 Å². The van der Waals surface area contributed by atoms with Crippen LogP contribution in [0.15, 0.2) is 0 Å². The number of carbonyl (C=O) groups is 4. The van der Waals surface area contributed by atoms with Crippen LogP contribution in [0.4, 0.5) is 0 Å². The molecule has 0 aliphatic carbocycles. The van der Waals surface area contributed by atoms with E-state index in [1.165, 1.54) is 13.1 Å². The van der Waals surface area contributed by atoms with Gasteiger partial charge in [0.1, 0.15) is 0 Å². The van der Waals surface area contributed by atoms with Crippen LogP contribution in [-0.4, -0.2) is 87.0 Å². The Morgan fingerprint density at radius 2 is 0.700 bits per heavy atom. The second-order valence-electron chi connectivity index (χ2n) is 2.83. The van der Waals surface area contributed by atoms with Crippen LogP contribution in [0.1, 0.15) is 27.7 Å². The molecule has 9 nitrogen and oxygen atoms in total. The maximum absolute atomic E-state index is 9.00. The zero-order valence-electron chi connectivity index (χ0n) is 12.3.